The number of hydrogen-bond acceptors (Lipinski definition) is 6. The van der Waals surface area contributed by atoms with Crippen LogP contribution in [0.3, 0.4) is 0 Å². The van der Waals surface area contributed by atoms with Gasteiger partial charge in [-0.1, -0.05) is 66.7 Å². The number of nitrogens with zero attached hydrogens (tertiary/aromatic N) is 1. The lowest BCUT2D eigenvalue weighted by atomic mass is 9.91. The van der Waals surface area contributed by atoms with Gasteiger partial charge in [-0.05, 0) is 18.1 Å². The van der Waals surface area contributed by atoms with Crippen LogP contribution in [0.15, 0.2) is 89.1 Å². The smallest absolute Gasteiger partial charge is 0.330 e. The third-order valence-electron chi connectivity index (χ3n) is 5.99. The van der Waals surface area contributed by atoms with E-state index < -0.39 is 35.3 Å². The van der Waals surface area contributed by atoms with Gasteiger partial charge in [-0.15, -0.1) is 6.58 Å². The van der Waals surface area contributed by atoms with Gasteiger partial charge in [-0.3, -0.25) is 14.3 Å². The van der Waals surface area contributed by atoms with Gasteiger partial charge < -0.3 is 19.3 Å². The zero-order valence-electron chi connectivity index (χ0n) is 18.9. The predicted octanol–water partition coefficient (Wildman–Crippen LogP) is 2.46. The molecule has 1 saturated heterocycles. The number of hydrogen-bond donors (Lipinski definition) is 2. The molecule has 8 nitrogen and oxygen atoms in total. The maximum Gasteiger partial charge on any atom is 0.330 e. The van der Waals surface area contributed by atoms with E-state index in [0.717, 1.165) is 11.1 Å². The maximum absolute atomic E-state index is 12.5. The second-order valence-corrected chi connectivity index (χ2v) is 8.27. The van der Waals surface area contributed by atoms with E-state index in [1.165, 1.54) is 16.8 Å². The van der Waals surface area contributed by atoms with Crippen molar-refractivity contribution in [1.29, 1.82) is 0 Å². The summed E-state index contributed by atoms with van der Waals surface area (Å²) in [6, 6.07) is 19.2. The van der Waals surface area contributed by atoms with Gasteiger partial charge in [0.2, 0.25) is 0 Å². The lowest BCUT2D eigenvalue weighted by Gasteiger charge is -2.33. The van der Waals surface area contributed by atoms with E-state index in [4.69, 9.17) is 14.2 Å². The van der Waals surface area contributed by atoms with Gasteiger partial charge in [0.15, 0.2) is 6.23 Å². The first-order chi connectivity index (χ1) is 16.4. The Kier molecular flexibility index (Phi) is 7.23. The van der Waals surface area contributed by atoms with Crippen LogP contribution in [0.1, 0.15) is 22.9 Å². The molecule has 4 rings (SSSR count). The number of aromatic amines is 1. The van der Waals surface area contributed by atoms with Crippen LogP contribution in [-0.4, -0.2) is 39.1 Å². The molecule has 1 fully saturated rings. The molecule has 1 aliphatic heterocycles. The van der Waals surface area contributed by atoms with Crippen molar-refractivity contribution in [1.82, 2.24) is 9.55 Å². The molecule has 0 amide bonds. The molecule has 1 aromatic heterocycles. The predicted molar refractivity (Wildman–Crippen MR) is 126 cm³/mol. The molecular weight excluding hydrogens is 436 g/mol. The average Bonchev–Trinajstić information content (AvgIpc) is 3.13. The molecule has 0 radical (unpaired) electrons. The number of nitrogens with one attached hydrogen (secondary N) is 1. The SMILES string of the molecule is C=C[C@]1(OCc2ccccc2)[C@H](O)[C@H](n2cc(C)c(=O)[nH]c2=O)O[C@@H]1COCc1ccccc1. The molecule has 0 unspecified atom stereocenters. The van der Waals surface area contributed by atoms with E-state index in [2.05, 4.69) is 11.6 Å². The summed E-state index contributed by atoms with van der Waals surface area (Å²) in [5.74, 6) is 0. The molecule has 0 aliphatic carbocycles. The second-order valence-electron chi connectivity index (χ2n) is 8.27. The number of aliphatic hydroxyl groups is 1. The van der Waals surface area contributed by atoms with Crippen molar-refractivity contribution in [2.75, 3.05) is 6.61 Å². The first-order valence-corrected chi connectivity index (χ1v) is 11.0. The van der Waals surface area contributed by atoms with Crippen molar-refractivity contribution in [3.63, 3.8) is 0 Å². The lowest BCUT2D eigenvalue weighted by molar-refractivity contribution is -0.123. The zero-order chi connectivity index (χ0) is 24.1. The molecule has 8 heteroatoms. The zero-order valence-corrected chi connectivity index (χ0v) is 18.9. The van der Waals surface area contributed by atoms with Crippen molar-refractivity contribution in [3.05, 3.63) is 117 Å². The summed E-state index contributed by atoms with van der Waals surface area (Å²) in [5, 5.41) is 11.4. The number of benzene rings is 2. The molecule has 2 N–H and O–H groups in total. The van der Waals surface area contributed by atoms with Gasteiger partial charge in [-0.25, -0.2) is 4.79 Å². The van der Waals surface area contributed by atoms with Gasteiger partial charge in [0.25, 0.3) is 5.56 Å². The highest BCUT2D eigenvalue weighted by atomic mass is 16.6. The highest BCUT2D eigenvalue weighted by molar-refractivity contribution is 5.18. The highest BCUT2D eigenvalue weighted by Crippen LogP contribution is 2.41. The molecule has 4 atom stereocenters. The molecule has 0 bridgehead atoms. The van der Waals surface area contributed by atoms with E-state index in [9.17, 15) is 14.7 Å². The summed E-state index contributed by atoms with van der Waals surface area (Å²) >= 11 is 0. The fraction of sp³-hybridized carbons (Fsp3) is 0.308. The molecule has 0 spiro atoms. The van der Waals surface area contributed by atoms with E-state index in [1.807, 2.05) is 60.7 Å². The van der Waals surface area contributed by atoms with E-state index in [0.29, 0.717) is 12.2 Å². The number of aryl methyl sites for hydroxylation is 1. The molecule has 178 valence electrons. The molecule has 1 aliphatic rings. The average molecular weight is 465 g/mol. The van der Waals surface area contributed by atoms with Gasteiger partial charge in [0.05, 0.1) is 19.8 Å². The minimum atomic E-state index is -1.36. The maximum atomic E-state index is 12.5. The van der Waals surface area contributed by atoms with Gasteiger partial charge in [-0.2, -0.15) is 0 Å². The fourth-order valence-electron chi connectivity index (χ4n) is 4.05. The third kappa shape index (κ3) is 4.80. The van der Waals surface area contributed by atoms with Crippen molar-refractivity contribution in [2.45, 2.75) is 44.2 Å². The van der Waals surface area contributed by atoms with Crippen LogP contribution in [0.4, 0.5) is 0 Å². The molecule has 0 saturated carbocycles. The summed E-state index contributed by atoms with van der Waals surface area (Å²) < 4.78 is 19.5. The standard InChI is InChI=1S/C26H28N2O6/c1-3-26(33-16-20-12-8-5-9-13-20)21(17-32-15-19-10-6-4-7-11-19)34-24(22(26)29)28-14-18(2)23(30)27-25(28)31/h3-14,21-22,24,29H,1,15-17H2,2H3,(H,27,30,31)/t21-,22-,24-,26-/m1/s1. The second kappa shape index (κ2) is 10.3. The minimum absolute atomic E-state index is 0.0837. The Morgan fingerprint density at radius 1 is 1.09 bits per heavy atom. The molecule has 2 aromatic carbocycles. The van der Waals surface area contributed by atoms with Crippen molar-refractivity contribution in [2.24, 2.45) is 0 Å². The Labute approximate surface area is 197 Å². The number of rotatable bonds is 9. The quantitative estimate of drug-likeness (QED) is 0.472. The molecular formula is C26H28N2O6. The largest absolute Gasteiger partial charge is 0.385 e. The molecule has 3 aromatic rings. The van der Waals surface area contributed by atoms with Crippen LogP contribution < -0.4 is 11.2 Å². The number of H-pyrrole nitrogens is 1. The number of aliphatic hydroxyl groups excluding tert-OH is 1. The molecule has 34 heavy (non-hydrogen) atoms. The highest BCUT2D eigenvalue weighted by Gasteiger charge is 2.56. The normalized spacial score (nSPS) is 24.2. The minimum Gasteiger partial charge on any atom is -0.385 e. The van der Waals surface area contributed by atoms with Crippen LogP contribution in [-0.2, 0) is 27.4 Å². The Morgan fingerprint density at radius 2 is 1.71 bits per heavy atom. The Hall–Kier alpha value is -3.30. The number of ether oxygens (including phenoxy) is 3. The van der Waals surface area contributed by atoms with Gasteiger partial charge in [0, 0.05) is 11.8 Å². The van der Waals surface area contributed by atoms with Gasteiger partial charge in [0.1, 0.15) is 17.8 Å². The molecule has 2 heterocycles. The summed E-state index contributed by atoms with van der Waals surface area (Å²) in [7, 11) is 0. The van der Waals surface area contributed by atoms with E-state index in [1.54, 1.807) is 6.92 Å². The monoisotopic (exact) mass is 464 g/mol. The van der Waals surface area contributed by atoms with Gasteiger partial charge >= 0.3 is 5.69 Å². The van der Waals surface area contributed by atoms with Crippen LogP contribution in [0.25, 0.3) is 0 Å². The van der Waals surface area contributed by atoms with Crippen molar-refractivity contribution >= 4 is 0 Å². The van der Waals surface area contributed by atoms with E-state index in [-0.39, 0.29) is 13.2 Å². The Morgan fingerprint density at radius 3 is 2.32 bits per heavy atom. The Balaban J connectivity index is 1.62. The van der Waals surface area contributed by atoms with Crippen molar-refractivity contribution < 1.29 is 19.3 Å². The van der Waals surface area contributed by atoms with Crippen LogP contribution >= 0.6 is 0 Å². The fourth-order valence-corrected chi connectivity index (χ4v) is 4.05. The van der Waals surface area contributed by atoms with E-state index >= 15 is 0 Å². The first kappa shape index (κ1) is 23.8. The lowest BCUT2D eigenvalue weighted by Crippen LogP contribution is -2.50. The topological polar surface area (TPSA) is 103 Å². The summed E-state index contributed by atoms with van der Waals surface area (Å²) in [4.78, 5) is 26.6. The summed E-state index contributed by atoms with van der Waals surface area (Å²) in [5.41, 5.74) is -0.340. The van der Waals surface area contributed by atoms with Crippen LogP contribution in [0, 0.1) is 6.92 Å². The first-order valence-electron chi connectivity index (χ1n) is 11.0. The Bertz CT molecular complexity index is 1220. The summed E-state index contributed by atoms with van der Waals surface area (Å²) in [6.45, 7) is 6.09. The van der Waals surface area contributed by atoms with Crippen LogP contribution in [0.5, 0.6) is 0 Å². The summed E-state index contributed by atoms with van der Waals surface area (Å²) in [6.07, 6.45) is -0.297. The van der Waals surface area contributed by atoms with Crippen LogP contribution in [0.2, 0.25) is 0 Å². The van der Waals surface area contributed by atoms with Crippen molar-refractivity contribution in [3.8, 4) is 0 Å². The third-order valence-corrected chi connectivity index (χ3v) is 5.99. The number of aromatic nitrogens is 2.